The van der Waals surface area contributed by atoms with Crippen molar-refractivity contribution >= 4 is 34.7 Å². The van der Waals surface area contributed by atoms with E-state index in [9.17, 15) is 0 Å². The van der Waals surface area contributed by atoms with E-state index in [1.807, 2.05) is 48.5 Å². The van der Waals surface area contributed by atoms with Crippen LogP contribution in [0.1, 0.15) is 5.56 Å². The summed E-state index contributed by atoms with van der Waals surface area (Å²) in [5.74, 6) is 0.711. The molecule has 4 heteroatoms. The number of rotatable bonds is 3. The van der Waals surface area contributed by atoms with Gasteiger partial charge in [0, 0.05) is 0 Å². The minimum Gasteiger partial charge on any atom is -1.00 e. The summed E-state index contributed by atoms with van der Waals surface area (Å²) >= 11 is 5.96. The minimum atomic E-state index is 0. The maximum absolute atomic E-state index is 5.96. The summed E-state index contributed by atoms with van der Waals surface area (Å²) in [6, 6.07) is 18.1. The molecule has 2 aromatic rings. The fourth-order valence-electron chi connectivity index (χ4n) is 1.24. The smallest absolute Gasteiger partial charge is 1.00 e. The minimum absolute atomic E-state index is 0. The molecule has 17 heavy (non-hydrogen) atoms. The molecule has 0 fully saturated rings. The Labute approximate surface area is 133 Å². The van der Waals surface area contributed by atoms with E-state index in [2.05, 4.69) is 6.07 Å². The average Bonchev–Trinajstić information content (AvgIpc) is 2.29. The molecule has 0 aliphatic rings. The van der Waals surface area contributed by atoms with Crippen molar-refractivity contribution < 1.29 is 21.7 Å². The molecule has 0 unspecified atom stereocenters. The van der Waals surface area contributed by atoms with E-state index in [1.54, 1.807) is 0 Å². The van der Waals surface area contributed by atoms with E-state index >= 15 is 0 Å². The van der Waals surface area contributed by atoms with Crippen LogP contribution in [-0.4, -0.2) is 23.1 Å². The van der Waals surface area contributed by atoms with Crippen molar-refractivity contribution in [2.45, 2.75) is 6.61 Å². The van der Waals surface area contributed by atoms with Gasteiger partial charge < -0.3 is 21.7 Å². The van der Waals surface area contributed by atoms with Crippen molar-refractivity contribution in [2.24, 2.45) is 0 Å². The van der Waals surface area contributed by atoms with Gasteiger partial charge in [-0.15, -0.1) is 5.56 Å². The Kier molecular flexibility index (Phi) is 8.69. The van der Waals surface area contributed by atoms with Crippen LogP contribution in [-0.2, 0) is 6.61 Å². The van der Waals surface area contributed by atoms with Crippen LogP contribution >= 0.6 is 11.6 Å². The molecule has 84 valence electrons. The standard InChI is InChI=1S/C13H10ClO.BrH.Mg/c14-12-8-4-5-9-13(12)15-10-11-6-2-1-3-7-11;;/h1-2,4-9H,10H2;1H;/q-1;;+2/p-1. The monoisotopic (exact) mass is 320 g/mol. The molecule has 1 nitrogen and oxygen atoms in total. The van der Waals surface area contributed by atoms with E-state index in [1.165, 1.54) is 0 Å². The zero-order chi connectivity index (χ0) is 10.5. The van der Waals surface area contributed by atoms with Gasteiger partial charge in [0.15, 0.2) is 0 Å². The Hall–Kier alpha value is -0.224. The van der Waals surface area contributed by atoms with Gasteiger partial charge in [-0.25, -0.2) is 0 Å². The molecule has 0 aromatic heterocycles. The third kappa shape index (κ3) is 5.30. The first-order valence-electron chi connectivity index (χ1n) is 4.68. The first-order valence-corrected chi connectivity index (χ1v) is 5.06. The van der Waals surface area contributed by atoms with Crippen molar-refractivity contribution in [3.05, 3.63) is 65.2 Å². The molecule has 0 heterocycles. The number of para-hydroxylation sites is 1. The van der Waals surface area contributed by atoms with Crippen LogP contribution < -0.4 is 21.7 Å². The van der Waals surface area contributed by atoms with Gasteiger partial charge >= 0.3 is 23.1 Å². The SMILES string of the molecule is Clc1ccccc1OCc1c[c-]ccc1.[Br-].[Mg+2]. The van der Waals surface area contributed by atoms with E-state index in [0.717, 1.165) is 5.56 Å². The first-order chi connectivity index (χ1) is 7.36. The molecule has 0 amide bonds. The Morgan fingerprint density at radius 2 is 1.88 bits per heavy atom. The van der Waals surface area contributed by atoms with Gasteiger partial charge in [0.05, 0.1) is 11.6 Å². The van der Waals surface area contributed by atoms with Crippen LogP contribution in [0.5, 0.6) is 5.75 Å². The molecule has 0 radical (unpaired) electrons. The second kappa shape index (κ2) is 8.81. The fourth-order valence-corrected chi connectivity index (χ4v) is 1.43. The zero-order valence-corrected chi connectivity index (χ0v) is 13.0. The van der Waals surface area contributed by atoms with Crippen LogP contribution in [0, 0.1) is 6.07 Å². The molecule has 0 bridgehead atoms. The summed E-state index contributed by atoms with van der Waals surface area (Å²) in [5.41, 5.74) is 1.08. The Balaban J connectivity index is 0.00000128. The van der Waals surface area contributed by atoms with E-state index in [-0.39, 0.29) is 40.0 Å². The molecule has 2 rings (SSSR count). The summed E-state index contributed by atoms with van der Waals surface area (Å²) in [7, 11) is 0. The van der Waals surface area contributed by atoms with Gasteiger partial charge in [-0.1, -0.05) is 23.7 Å². The van der Waals surface area contributed by atoms with Gasteiger partial charge in [-0.2, -0.15) is 30.3 Å². The van der Waals surface area contributed by atoms with Gasteiger partial charge in [-0.05, 0) is 12.1 Å². The van der Waals surface area contributed by atoms with Crippen LogP contribution in [0.3, 0.4) is 0 Å². The molecule has 0 aliphatic heterocycles. The third-order valence-electron chi connectivity index (χ3n) is 2.00. The third-order valence-corrected chi connectivity index (χ3v) is 2.31. The predicted molar refractivity (Wildman–Crippen MR) is 66.8 cm³/mol. The van der Waals surface area contributed by atoms with Crippen molar-refractivity contribution in [1.82, 2.24) is 0 Å². The maximum atomic E-state index is 5.96. The van der Waals surface area contributed by atoms with Crippen molar-refractivity contribution in [3.8, 4) is 5.75 Å². The van der Waals surface area contributed by atoms with E-state index < -0.39 is 0 Å². The van der Waals surface area contributed by atoms with E-state index in [0.29, 0.717) is 17.4 Å². The number of halogens is 2. The second-order valence-corrected chi connectivity index (χ2v) is 3.54. The number of benzene rings is 2. The molecule has 0 saturated heterocycles. The first kappa shape index (κ1) is 16.8. The van der Waals surface area contributed by atoms with Crippen molar-refractivity contribution in [3.63, 3.8) is 0 Å². The summed E-state index contributed by atoms with van der Waals surface area (Å²) < 4.78 is 5.57. The number of hydrogen-bond acceptors (Lipinski definition) is 1. The van der Waals surface area contributed by atoms with Gasteiger partial charge in [0.2, 0.25) is 0 Å². The summed E-state index contributed by atoms with van der Waals surface area (Å²) in [5, 5.41) is 0.636. The number of hydrogen-bond donors (Lipinski definition) is 0. The van der Waals surface area contributed by atoms with Crippen LogP contribution in [0.4, 0.5) is 0 Å². The van der Waals surface area contributed by atoms with Crippen molar-refractivity contribution in [1.29, 1.82) is 0 Å². The largest absolute Gasteiger partial charge is 2.00 e. The molecule has 2 aromatic carbocycles. The second-order valence-electron chi connectivity index (χ2n) is 3.13. The Morgan fingerprint density at radius 3 is 2.53 bits per heavy atom. The molecular weight excluding hydrogens is 312 g/mol. The molecular formula is C13H10BrClMgO. The average molecular weight is 322 g/mol. The maximum Gasteiger partial charge on any atom is 2.00 e. The molecule has 0 spiro atoms. The van der Waals surface area contributed by atoms with E-state index in [4.69, 9.17) is 16.3 Å². The molecule has 0 atom stereocenters. The normalized spacial score (nSPS) is 8.76. The summed E-state index contributed by atoms with van der Waals surface area (Å²) in [4.78, 5) is 0. The van der Waals surface area contributed by atoms with Crippen molar-refractivity contribution in [2.75, 3.05) is 0 Å². The summed E-state index contributed by atoms with van der Waals surface area (Å²) in [6.07, 6.45) is 0. The Morgan fingerprint density at radius 1 is 1.12 bits per heavy atom. The van der Waals surface area contributed by atoms with Gasteiger partial charge in [0.1, 0.15) is 5.75 Å². The number of ether oxygens (including phenoxy) is 1. The van der Waals surface area contributed by atoms with Crippen LogP contribution in [0.25, 0.3) is 0 Å². The molecule has 0 saturated carbocycles. The van der Waals surface area contributed by atoms with Crippen LogP contribution in [0.15, 0.2) is 48.5 Å². The quantitative estimate of drug-likeness (QED) is 0.585. The van der Waals surface area contributed by atoms with Gasteiger partial charge in [-0.3, -0.25) is 0 Å². The fraction of sp³-hybridized carbons (Fsp3) is 0.0769. The van der Waals surface area contributed by atoms with Gasteiger partial charge in [0.25, 0.3) is 0 Å². The zero-order valence-electron chi connectivity index (χ0n) is 9.20. The predicted octanol–water partition coefficient (Wildman–Crippen LogP) is 0.342. The molecule has 0 N–H and O–H groups in total. The van der Waals surface area contributed by atoms with Crippen LogP contribution in [0.2, 0.25) is 5.02 Å². The summed E-state index contributed by atoms with van der Waals surface area (Å²) in [6.45, 7) is 0.515. The molecule has 0 aliphatic carbocycles. The Bertz CT molecular complexity index is 436. The topological polar surface area (TPSA) is 9.23 Å².